The van der Waals surface area contributed by atoms with Gasteiger partial charge in [-0.3, -0.25) is 0 Å². The molecule has 2 atom stereocenters. The molecule has 0 heterocycles. The number of hydrogen-bond donors (Lipinski definition) is 1. The number of benzene rings is 2. The molecule has 0 bridgehead atoms. The zero-order valence-corrected chi connectivity index (χ0v) is 11.2. The molecule has 1 aliphatic rings. The van der Waals surface area contributed by atoms with Crippen LogP contribution in [0.4, 0.5) is 8.78 Å². The van der Waals surface area contributed by atoms with E-state index >= 15 is 0 Å². The molecule has 1 aliphatic carbocycles. The molecule has 0 aliphatic heterocycles. The first-order valence-electron chi connectivity index (χ1n) is 6.95. The van der Waals surface area contributed by atoms with Crippen molar-refractivity contribution in [1.29, 1.82) is 0 Å². The first-order valence-corrected chi connectivity index (χ1v) is 6.95. The Balaban J connectivity index is 1.97. The number of halogens is 2. The second-order valence-corrected chi connectivity index (χ2v) is 5.39. The van der Waals surface area contributed by atoms with E-state index in [-0.39, 0.29) is 5.92 Å². The van der Waals surface area contributed by atoms with E-state index in [1.165, 1.54) is 23.3 Å². The predicted molar refractivity (Wildman–Crippen MR) is 75.4 cm³/mol. The maximum Gasteiger partial charge on any atom is 0.130 e. The molecular weight excluding hydrogens is 256 g/mol. The Kier molecular flexibility index (Phi) is 3.53. The summed E-state index contributed by atoms with van der Waals surface area (Å²) in [6.45, 7) is 0. The molecule has 0 saturated carbocycles. The molecule has 104 valence electrons. The van der Waals surface area contributed by atoms with E-state index in [2.05, 4.69) is 12.1 Å². The van der Waals surface area contributed by atoms with Crippen LogP contribution in [-0.2, 0) is 6.42 Å². The minimum Gasteiger partial charge on any atom is -0.323 e. The third-order valence-corrected chi connectivity index (χ3v) is 4.17. The summed E-state index contributed by atoms with van der Waals surface area (Å²) < 4.78 is 26.9. The quantitative estimate of drug-likeness (QED) is 0.876. The molecule has 0 radical (unpaired) electrons. The molecule has 0 amide bonds. The predicted octanol–water partition coefficient (Wildman–Crippen LogP) is 4.08. The van der Waals surface area contributed by atoms with Crippen molar-refractivity contribution >= 4 is 0 Å². The van der Waals surface area contributed by atoms with Crippen LogP contribution < -0.4 is 5.73 Å². The second kappa shape index (κ2) is 5.33. The monoisotopic (exact) mass is 273 g/mol. The van der Waals surface area contributed by atoms with Crippen LogP contribution in [0.5, 0.6) is 0 Å². The maximum atomic E-state index is 13.9. The molecule has 2 aromatic carbocycles. The van der Waals surface area contributed by atoms with Crippen LogP contribution >= 0.6 is 0 Å². The molecule has 3 rings (SSSR count). The average Bonchev–Trinajstić information content (AvgIpc) is 2.46. The molecule has 2 aromatic rings. The minimum atomic E-state index is -0.567. The van der Waals surface area contributed by atoms with Gasteiger partial charge in [0.05, 0.1) is 0 Å². The lowest BCUT2D eigenvalue weighted by atomic mass is 9.77. The van der Waals surface area contributed by atoms with Crippen LogP contribution in [0.2, 0.25) is 0 Å². The van der Waals surface area contributed by atoms with E-state index in [1.807, 2.05) is 12.1 Å². The average molecular weight is 273 g/mol. The first kappa shape index (κ1) is 13.3. The van der Waals surface area contributed by atoms with E-state index in [4.69, 9.17) is 5.73 Å². The van der Waals surface area contributed by atoms with Gasteiger partial charge < -0.3 is 5.73 Å². The van der Waals surface area contributed by atoms with E-state index in [9.17, 15) is 8.78 Å². The number of hydrogen-bond acceptors (Lipinski definition) is 1. The summed E-state index contributed by atoms with van der Waals surface area (Å²) in [7, 11) is 0. The Hall–Kier alpha value is -1.74. The zero-order valence-electron chi connectivity index (χ0n) is 11.2. The summed E-state index contributed by atoms with van der Waals surface area (Å²) in [5.41, 5.74) is 9.17. The van der Waals surface area contributed by atoms with Crippen molar-refractivity contribution in [1.82, 2.24) is 0 Å². The fourth-order valence-electron chi connectivity index (χ4n) is 3.15. The van der Waals surface area contributed by atoms with Gasteiger partial charge in [-0.2, -0.15) is 0 Å². The van der Waals surface area contributed by atoms with Gasteiger partial charge in [-0.05, 0) is 36.5 Å². The van der Waals surface area contributed by atoms with Crippen LogP contribution in [0.1, 0.15) is 41.5 Å². The lowest BCUT2D eigenvalue weighted by Crippen LogP contribution is -2.24. The third-order valence-electron chi connectivity index (χ3n) is 4.17. The van der Waals surface area contributed by atoms with Gasteiger partial charge in [0, 0.05) is 23.6 Å². The number of fused-ring (bicyclic) bond motifs is 1. The van der Waals surface area contributed by atoms with Gasteiger partial charge in [-0.15, -0.1) is 0 Å². The summed E-state index contributed by atoms with van der Waals surface area (Å²) in [6, 6.07) is 11.4. The first-order chi connectivity index (χ1) is 9.66. The van der Waals surface area contributed by atoms with Crippen LogP contribution in [-0.4, -0.2) is 0 Å². The lowest BCUT2D eigenvalue weighted by molar-refractivity contribution is 0.456. The normalized spacial score (nSPS) is 19.4. The second-order valence-electron chi connectivity index (χ2n) is 5.39. The summed E-state index contributed by atoms with van der Waals surface area (Å²) >= 11 is 0. The number of nitrogens with two attached hydrogens (primary N) is 1. The Bertz CT molecular complexity index is 624. The largest absolute Gasteiger partial charge is 0.323 e. The summed E-state index contributed by atoms with van der Waals surface area (Å²) in [5, 5.41) is 0. The summed E-state index contributed by atoms with van der Waals surface area (Å²) in [5.74, 6) is -1.03. The number of aryl methyl sites for hydroxylation is 1. The van der Waals surface area contributed by atoms with Crippen molar-refractivity contribution < 1.29 is 8.78 Å². The molecular formula is C17H17F2N. The van der Waals surface area contributed by atoms with Crippen molar-refractivity contribution in [2.24, 2.45) is 5.73 Å². The van der Waals surface area contributed by atoms with Gasteiger partial charge in [0.15, 0.2) is 0 Å². The molecule has 1 nitrogen and oxygen atoms in total. The molecule has 2 unspecified atom stereocenters. The van der Waals surface area contributed by atoms with Crippen molar-refractivity contribution in [3.63, 3.8) is 0 Å². The van der Waals surface area contributed by atoms with E-state index in [1.54, 1.807) is 0 Å². The highest BCUT2D eigenvalue weighted by Crippen LogP contribution is 2.39. The van der Waals surface area contributed by atoms with E-state index in [0.29, 0.717) is 5.56 Å². The topological polar surface area (TPSA) is 26.0 Å². The van der Waals surface area contributed by atoms with Gasteiger partial charge in [-0.25, -0.2) is 8.78 Å². The van der Waals surface area contributed by atoms with Crippen molar-refractivity contribution in [2.75, 3.05) is 0 Å². The van der Waals surface area contributed by atoms with E-state index in [0.717, 1.165) is 25.3 Å². The smallest absolute Gasteiger partial charge is 0.130 e. The Morgan fingerprint density at radius 1 is 1.10 bits per heavy atom. The van der Waals surface area contributed by atoms with E-state index < -0.39 is 17.7 Å². The van der Waals surface area contributed by atoms with Crippen LogP contribution in [0, 0.1) is 11.6 Å². The highest BCUT2D eigenvalue weighted by Gasteiger charge is 2.27. The maximum absolute atomic E-state index is 13.9. The molecule has 0 saturated heterocycles. The van der Waals surface area contributed by atoms with Crippen LogP contribution in [0.15, 0.2) is 42.5 Å². The number of rotatable bonds is 2. The fourth-order valence-corrected chi connectivity index (χ4v) is 3.15. The van der Waals surface area contributed by atoms with Gasteiger partial charge >= 0.3 is 0 Å². The molecule has 0 spiro atoms. The fraction of sp³-hybridized carbons (Fsp3) is 0.294. The van der Waals surface area contributed by atoms with Gasteiger partial charge in [0.1, 0.15) is 11.6 Å². The van der Waals surface area contributed by atoms with Crippen molar-refractivity contribution in [3.05, 3.63) is 70.8 Å². The Morgan fingerprint density at radius 3 is 2.70 bits per heavy atom. The molecule has 3 heteroatoms. The molecule has 2 N–H and O–H groups in total. The molecule has 20 heavy (non-hydrogen) atoms. The van der Waals surface area contributed by atoms with Gasteiger partial charge in [-0.1, -0.05) is 30.3 Å². The van der Waals surface area contributed by atoms with Crippen LogP contribution in [0.3, 0.4) is 0 Å². The van der Waals surface area contributed by atoms with Crippen molar-refractivity contribution in [3.8, 4) is 0 Å². The standard InChI is InChI=1S/C17H17F2N/c18-12-8-9-15(16(19)10-12)17(20)14-7-3-5-11-4-1-2-6-13(11)14/h1-2,4,6,8-10,14,17H,3,5,7,20H2. The summed E-state index contributed by atoms with van der Waals surface area (Å²) in [6.07, 6.45) is 3.04. The SMILES string of the molecule is NC(c1ccc(F)cc1F)C1CCCc2ccccc21. The lowest BCUT2D eigenvalue weighted by Gasteiger charge is -2.30. The van der Waals surface area contributed by atoms with Gasteiger partial charge in [0.25, 0.3) is 0 Å². The van der Waals surface area contributed by atoms with Crippen molar-refractivity contribution in [2.45, 2.75) is 31.2 Å². The zero-order chi connectivity index (χ0) is 14.1. The minimum absolute atomic E-state index is 0.0971. The highest BCUT2D eigenvalue weighted by atomic mass is 19.1. The molecule has 0 fully saturated rings. The Morgan fingerprint density at radius 2 is 1.90 bits per heavy atom. The van der Waals surface area contributed by atoms with Crippen LogP contribution in [0.25, 0.3) is 0 Å². The summed E-state index contributed by atoms with van der Waals surface area (Å²) in [4.78, 5) is 0. The van der Waals surface area contributed by atoms with Gasteiger partial charge in [0.2, 0.25) is 0 Å². The Labute approximate surface area is 117 Å². The third kappa shape index (κ3) is 2.34. The molecule has 0 aromatic heterocycles. The highest BCUT2D eigenvalue weighted by molar-refractivity contribution is 5.36.